The van der Waals surface area contributed by atoms with Crippen molar-refractivity contribution in [1.29, 1.82) is 0 Å². The lowest BCUT2D eigenvalue weighted by Gasteiger charge is -2.08. The van der Waals surface area contributed by atoms with E-state index in [9.17, 15) is 19.2 Å². The van der Waals surface area contributed by atoms with Gasteiger partial charge in [-0.2, -0.15) is 0 Å². The molecule has 0 spiro atoms. The number of carbonyl (C=O) groups is 4. The Morgan fingerprint density at radius 3 is 1.32 bits per heavy atom. The quantitative estimate of drug-likeness (QED) is 0.275. The molecule has 0 aromatic heterocycles. The maximum atomic E-state index is 11.1. The highest BCUT2D eigenvalue weighted by atomic mass is 16.6. The van der Waals surface area contributed by atoms with Gasteiger partial charge in [0.25, 0.3) is 0 Å². The van der Waals surface area contributed by atoms with Crippen LogP contribution in [0.4, 0.5) is 0 Å². The molecule has 0 radical (unpaired) electrons. The zero-order valence-corrected chi connectivity index (χ0v) is 12.1. The highest BCUT2D eigenvalue weighted by Crippen LogP contribution is 1.91. The van der Waals surface area contributed by atoms with Gasteiger partial charge in [0.2, 0.25) is 0 Å². The van der Waals surface area contributed by atoms with Gasteiger partial charge in [-0.1, -0.05) is 0 Å². The molecule has 0 bridgehead atoms. The number of carbonyl (C=O) groups excluding carboxylic acids is 4. The Balaban J connectivity index is 3.67. The van der Waals surface area contributed by atoms with E-state index in [1.54, 1.807) is 0 Å². The van der Waals surface area contributed by atoms with E-state index >= 15 is 0 Å². The van der Waals surface area contributed by atoms with Crippen molar-refractivity contribution < 1.29 is 48.3 Å². The summed E-state index contributed by atoms with van der Waals surface area (Å²) >= 11 is 0. The Kier molecular flexibility index (Phi) is 9.46. The van der Waals surface area contributed by atoms with Gasteiger partial charge in [0.15, 0.2) is 13.2 Å². The molecule has 0 aliphatic carbocycles. The van der Waals surface area contributed by atoms with Gasteiger partial charge in [0.1, 0.15) is 25.4 Å². The summed E-state index contributed by atoms with van der Waals surface area (Å²) in [4.78, 5) is 43.8. The van der Waals surface area contributed by atoms with E-state index < -0.39 is 49.3 Å². The molecular weight excluding hydrogens is 304 g/mol. The summed E-state index contributed by atoms with van der Waals surface area (Å²) in [6.45, 7) is 0.421. The second-order valence-corrected chi connectivity index (χ2v) is 4.01. The highest BCUT2D eigenvalue weighted by molar-refractivity contribution is 5.79. The van der Waals surface area contributed by atoms with E-state index in [-0.39, 0.29) is 13.2 Å². The Labute approximate surface area is 125 Å². The van der Waals surface area contributed by atoms with Crippen molar-refractivity contribution in [3.63, 3.8) is 0 Å². The summed E-state index contributed by atoms with van der Waals surface area (Å²) in [5.74, 6) is -3.71. The van der Waals surface area contributed by atoms with Crippen LogP contribution in [-0.4, -0.2) is 72.7 Å². The summed E-state index contributed by atoms with van der Waals surface area (Å²) < 4.78 is 17.9. The number of rotatable bonds is 9. The van der Waals surface area contributed by atoms with Gasteiger partial charge in [0, 0.05) is 0 Å². The van der Waals surface area contributed by atoms with Gasteiger partial charge < -0.3 is 29.2 Å². The van der Waals surface area contributed by atoms with Crippen molar-refractivity contribution in [3.8, 4) is 0 Å². The molecule has 22 heavy (non-hydrogen) atoms. The number of esters is 4. The van der Waals surface area contributed by atoms with E-state index in [4.69, 9.17) is 10.2 Å². The average molecular weight is 322 g/mol. The third-order valence-electron chi connectivity index (χ3n) is 1.96. The molecule has 0 saturated carbocycles. The van der Waals surface area contributed by atoms with Gasteiger partial charge in [-0.25, -0.2) is 19.2 Å². The maximum absolute atomic E-state index is 11.1. The van der Waals surface area contributed by atoms with Crippen LogP contribution >= 0.6 is 0 Å². The van der Waals surface area contributed by atoms with Crippen molar-refractivity contribution in [2.24, 2.45) is 0 Å². The predicted octanol–water partition coefficient (Wildman–Crippen LogP) is -2.08. The van der Waals surface area contributed by atoms with Gasteiger partial charge >= 0.3 is 23.9 Å². The van der Waals surface area contributed by atoms with Crippen LogP contribution in [0, 0.1) is 0 Å². The van der Waals surface area contributed by atoms with Crippen LogP contribution < -0.4 is 0 Å². The molecule has 0 rings (SSSR count). The van der Waals surface area contributed by atoms with Crippen molar-refractivity contribution >= 4 is 23.9 Å². The zero-order valence-electron chi connectivity index (χ0n) is 12.1. The lowest BCUT2D eigenvalue weighted by molar-refractivity contribution is -0.167. The Hall–Kier alpha value is -2.20. The number of aliphatic hydroxyl groups excluding tert-OH is 2. The summed E-state index contributed by atoms with van der Waals surface area (Å²) in [6, 6.07) is 0. The standard InChI is InChI=1S/C12H18O10/c1-7(13)11(17)21-5-9(15)19-3-4-20-10(16)6-22-12(18)8(2)14/h7-8,13-14H,3-6H2,1-2H3. The first kappa shape index (κ1) is 19.8. The second-order valence-electron chi connectivity index (χ2n) is 4.01. The smallest absolute Gasteiger partial charge is 0.344 e. The lowest BCUT2D eigenvalue weighted by atomic mass is 10.4. The first-order valence-corrected chi connectivity index (χ1v) is 6.24. The zero-order chi connectivity index (χ0) is 17.1. The van der Waals surface area contributed by atoms with Crippen LogP contribution in [0.25, 0.3) is 0 Å². The van der Waals surface area contributed by atoms with E-state index in [2.05, 4.69) is 18.9 Å². The fraction of sp³-hybridized carbons (Fsp3) is 0.667. The van der Waals surface area contributed by atoms with Crippen molar-refractivity contribution in [2.45, 2.75) is 26.1 Å². The Morgan fingerprint density at radius 1 is 0.727 bits per heavy atom. The molecular formula is C12H18O10. The molecule has 0 saturated heterocycles. The number of hydrogen-bond acceptors (Lipinski definition) is 10. The molecule has 0 amide bonds. The van der Waals surface area contributed by atoms with E-state index in [1.807, 2.05) is 0 Å². The highest BCUT2D eigenvalue weighted by Gasteiger charge is 2.14. The first-order chi connectivity index (χ1) is 10.2. The van der Waals surface area contributed by atoms with Gasteiger partial charge in [-0.15, -0.1) is 0 Å². The van der Waals surface area contributed by atoms with Crippen molar-refractivity contribution in [1.82, 2.24) is 0 Å². The van der Waals surface area contributed by atoms with Crippen LogP contribution in [-0.2, 0) is 38.1 Å². The van der Waals surface area contributed by atoms with Crippen LogP contribution in [0.2, 0.25) is 0 Å². The summed E-state index contributed by atoms with van der Waals surface area (Å²) in [7, 11) is 0. The van der Waals surface area contributed by atoms with Crippen LogP contribution in [0.1, 0.15) is 13.8 Å². The molecule has 0 heterocycles. The van der Waals surface area contributed by atoms with E-state index in [0.29, 0.717) is 0 Å². The summed E-state index contributed by atoms with van der Waals surface area (Å²) in [6.07, 6.45) is -2.70. The molecule has 0 fully saturated rings. The lowest BCUT2D eigenvalue weighted by Crippen LogP contribution is -2.26. The topological polar surface area (TPSA) is 146 Å². The van der Waals surface area contributed by atoms with Crippen LogP contribution in [0.3, 0.4) is 0 Å². The third kappa shape index (κ3) is 9.66. The van der Waals surface area contributed by atoms with E-state index in [1.165, 1.54) is 13.8 Å². The molecule has 0 aromatic rings. The first-order valence-electron chi connectivity index (χ1n) is 6.24. The van der Waals surface area contributed by atoms with Gasteiger partial charge in [0.05, 0.1) is 0 Å². The van der Waals surface area contributed by atoms with Crippen molar-refractivity contribution in [2.75, 3.05) is 26.4 Å². The minimum Gasteiger partial charge on any atom is -0.460 e. The minimum absolute atomic E-state index is 0.291. The molecule has 10 heteroatoms. The fourth-order valence-electron chi connectivity index (χ4n) is 0.896. The number of aliphatic hydroxyl groups is 2. The molecule has 2 atom stereocenters. The SMILES string of the molecule is CC(O)C(=O)OCC(=O)OCCOC(=O)COC(=O)C(C)O. The number of hydrogen-bond donors (Lipinski definition) is 2. The molecule has 126 valence electrons. The largest absolute Gasteiger partial charge is 0.460 e. The second kappa shape index (κ2) is 10.5. The normalized spacial score (nSPS) is 12.7. The average Bonchev–Trinajstić information content (AvgIpc) is 2.46. The van der Waals surface area contributed by atoms with E-state index in [0.717, 1.165) is 0 Å². The monoisotopic (exact) mass is 322 g/mol. The summed E-state index contributed by atoms with van der Waals surface area (Å²) in [5, 5.41) is 17.6. The van der Waals surface area contributed by atoms with Crippen LogP contribution in [0.15, 0.2) is 0 Å². The fourth-order valence-corrected chi connectivity index (χ4v) is 0.896. The maximum Gasteiger partial charge on any atom is 0.344 e. The molecule has 2 N–H and O–H groups in total. The Morgan fingerprint density at radius 2 is 1.05 bits per heavy atom. The van der Waals surface area contributed by atoms with Gasteiger partial charge in [-0.3, -0.25) is 0 Å². The third-order valence-corrected chi connectivity index (χ3v) is 1.96. The minimum atomic E-state index is -1.35. The van der Waals surface area contributed by atoms with Crippen LogP contribution in [0.5, 0.6) is 0 Å². The van der Waals surface area contributed by atoms with Crippen molar-refractivity contribution in [3.05, 3.63) is 0 Å². The molecule has 2 unspecified atom stereocenters. The Bertz CT molecular complexity index is 363. The summed E-state index contributed by atoms with van der Waals surface area (Å²) in [5.41, 5.74) is 0. The molecule has 0 aliphatic heterocycles. The molecule has 0 aliphatic rings. The van der Waals surface area contributed by atoms with Gasteiger partial charge in [-0.05, 0) is 13.8 Å². The molecule has 0 aromatic carbocycles. The molecule has 10 nitrogen and oxygen atoms in total. The predicted molar refractivity (Wildman–Crippen MR) is 67.2 cm³/mol. The number of ether oxygens (including phenoxy) is 4.